The van der Waals surface area contributed by atoms with Crippen molar-refractivity contribution in [1.29, 1.82) is 0 Å². The second-order valence-corrected chi connectivity index (χ2v) is 16.2. The third-order valence-corrected chi connectivity index (χ3v) is 11.7. The summed E-state index contributed by atoms with van der Waals surface area (Å²) in [7, 11) is 0. The van der Waals surface area contributed by atoms with E-state index in [1.807, 2.05) is 0 Å². The minimum Gasteiger partial charge on any atom is -0.276 e. The SMILES string of the molecule is CCCCCCCCCCCCCCCCSc1cc(C(=O)Cl)c(SCCCCCCCCCCCCCCCC)cc1C(=O)Cl. The highest BCUT2D eigenvalue weighted by atomic mass is 35.5. The molecule has 0 saturated carbocycles. The molecule has 46 heavy (non-hydrogen) atoms. The van der Waals surface area contributed by atoms with Gasteiger partial charge in [0.2, 0.25) is 0 Å². The van der Waals surface area contributed by atoms with Gasteiger partial charge in [0.15, 0.2) is 0 Å². The summed E-state index contributed by atoms with van der Waals surface area (Å²) >= 11 is 15.3. The van der Waals surface area contributed by atoms with Crippen LogP contribution in [-0.4, -0.2) is 22.0 Å². The highest BCUT2D eigenvalue weighted by Gasteiger charge is 2.18. The maximum atomic E-state index is 12.3. The number of halogens is 2. The van der Waals surface area contributed by atoms with Crippen LogP contribution in [0.15, 0.2) is 21.9 Å². The molecule has 1 rings (SSSR count). The maximum Gasteiger partial charge on any atom is 0.253 e. The first-order valence-electron chi connectivity index (χ1n) is 19.3. The lowest BCUT2D eigenvalue weighted by Gasteiger charge is -2.12. The average molecular weight is 716 g/mol. The van der Waals surface area contributed by atoms with Crippen LogP contribution in [0.25, 0.3) is 0 Å². The van der Waals surface area contributed by atoms with Crippen LogP contribution >= 0.6 is 46.7 Å². The van der Waals surface area contributed by atoms with Crippen LogP contribution in [0.3, 0.4) is 0 Å². The van der Waals surface area contributed by atoms with E-state index < -0.39 is 10.5 Å². The van der Waals surface area contributed by atoms with E-state index in [9.17, 15) is 9.59 Å². The molecule has 0 N–H and O–H groups in total. The first kappa shape index (κ1) is 43.9. The van der Waals surface area contributed by atoms with E-state index in [1.165, 1.54) is 167 Å². The maximum absolute atomic E-state index is 12.3. The topological polar surface area (TPSA) is 34.1 Å². The number of hydrogen-bond donors (Lipinski definition) is 0. The van der Waals surface area contributed by atoms with Crippen molar-refractivity contribution in [2.45, 2.75) is 203 Å². The largest absolute Gasteiger partial charge is 0.276 e. The minimum absolute atomic E-state index is 0.463. The van der Waals surface area contributed by atoms with E-state index in [-0.39, 0.29) is 0 Å². The molecular formula is C40H68Cl2O2S2. The predicted molar refractivity (Wildman–Crippen MR) is 209 cm³/mol. The molecule has 0 fully saturated rings. The van der Waals surface area contributed by atoms with Crippen molar-refractivity contribution in [1.82, 2.24) is 0 Å². The monoisotopic (exact) mass is 714 g/mol. The Bertz CT molecular complexity index is 820. The van der Waals surface area contributed by atoms with Gasteiger partial charge in [0.25, 0.3) is 10.5 Å². The first-order valence-corrected chi connectivity index (χ1v) is 22.1. The molecule has 266 valence electrons. The lowest BCUT2D eigenvalue weighted by Crippen LogP contribution is -2.01. The Morgan fingerprint density at radius 2 is 0.630 bits per heavy atom. The van der Waals surface area contributed by atoms with Crippen LogP contribution in [0.4, 0.5) is 0 Å². The molecule has 0 amide bonds. The number of thioether (sulfide) groups is 2. The summed E-state index contributed by atoms with van der Waals surface area (Å²) in [4.78, 5) is 26.2. The fourth-order valence-corrected chi connectivity index (χ4v) is 8.64. The quantitative estimate of drug-likeness (QED) is 0.0404. The predicted octanol–water partition coefficient (Wildman–Crippen LogP) is 15.6. The number of rotatable bonds is 34. The number of carbonyl (C=O) groups excluding carboxylic acids is 2. The molecule has 0 bridgehead atoms. The van der Waals surface area contributed by atoms with E-state index in [4.69, 9.17) is 23.2 Å². The standard InChI is InChI=1S/C40H68Cl2O2S2/c1-3-5-7-9-11-13-15-17-19-21-23-25-27-29-31-45-37-33-36(40(42)44)38(34-35(37)39(41)43)46-32-30-28-26-24-22-20-18-16-14-12-10-8-6-4-2/h33-34H,3-32H2,1-2H3. The highest BCUT2D eigenvalue weighted by Crippen LogP contribution is 2.34. The van der Waals surface area contributed by atoms with Crippen molar-refractivity contribution in [2.75, 3.05) is 11.5 Å². The van der Waals surface area contributed by atoms with Crippen molar-refractivity contribution in [3.05, 3.63) is 23.3 Å². The Morgan fingerprint density at radius 1 is 0.413 bits per heavy atom. The molecule has 2 nitrogen and oxygen atoms in total. The number of carbonyl (C=O) groups is 2. The molecule has 0 unspecified atom stereocenters. The van der Waals surface area contributed by atoms with Crippen molar-refractivity contribution in [3.8, 4) is 0 Å². The molecule has 1 aromatic carbocycles. The Hall–Kier alpha value is -0.160. The fourth-order valence-electron chi connectivity index (χ4n) is 6.06. The second kappa shape index (κ2) is 32.1. The van der Waals surface area contributed by atoms with E-state index in [0.717, 1.165) is 34.1 Å². The van der Waals surface area contributed by atoms with Gasteiger partial charge >= 0.3 is 0 Å². The zero-order valence-corrected chi connectivity index (χ0v) is 32.9. The third-order valence-electron chi connectivity index (χ3n) is 9.02. The zero-order valence-electron chi connectivity index (χ0n) is 29.8. The lowest BCUT2D eigenvalue weighted by atomic mass is 10.0. The number of hydrogen-bond acceptors (Lipinski definition) is 4. The summed E-state index contributed by atoms with van der Waals surface area (Å²) < 4.78 is 0. The molecule has 0 aliphatic rings. The van der Waals surface area contributed by atoms with Gasteiger partial charge in [0.1, 0.15) is 0 Å². The van der Waals surface area contributed by atoms with E-state index >= 15 is 0 Å². The minimum atomic E-state index is -0.463. The lowest BCUT2D eigenvalue weighted by molar-refractivity contribution is 0.106. The Labute approximate surface area is 303 Å². The van der Waals surface area contributed by atoms with Crippen molar-refractivity contribution in [3.63, 3.8) is 0 Å². The second-order valence-electron chi connectivity index (χ2n) is 13.3. The van der Waals surface area contributed by atoms with Gasteiger partial charge in [-0.3, -0.25) is 9.59 Å². The molecule has 0 aromatic heterocycles. The normalized spacial score (nSPS) is 11.4. The van der Waals surface area contributed by atoms with Crippen molar-refractivity contribution >= 4 is 57.2 Å². The number of unbranched alkanes of at least 4 members (excludes halogenated alkanes) is 26. The van der Waals surface area contributed by atoms with Crippen LogP contribution in [0, 0.1) is 0 Å². The van der Waals surface area contributed by atoms with Crippen LogP contribution in [0.5, 0.6) is 0 Å². The molecule has 1 aromatic rings. The van der Waals surface area contributed by atoms with Crippen LogP contribution in [0.1, 0.15) is 214 Å². The van der Waals surface area contributed by atoms with Crippen LogP contribution in [-0.2, 0) is 0 Å². The van der Waals surface area contributed by atoms with Gasteiger partial charge in [0.05, 0.1) is 0 Å². The summed E-state index contributed by atoms with van der Waals surface area (Å²) in [6.07, 6.45) is 37.4. The molecule has 0 saturated heterocycles. The smallest absolute Gasteiger partial charge is 0.253 e. The van der Waals surface area contributed by atoms with E-state index in [2.05, 4.69) is 13.8 Å². The molecule has 0 spiro atoms. The van der Waals surface area contributed by atoms with Gasteiger partial charge in [-0.1, -0.05) is 181 Å². The molecule has 0 aliphatic carbocycles. The first-order chi connectivity index (χ1) is 22.5. The van der Waals surface area contributed by atoms with Gasteiger partial charge < -0.3 is 0 Å². The van der Waals surface area contributed by atoms with Gasteiger partial charge in [-0.25, -0.2) is 0 Å². The molecular weight excluding hydrogens is 647 g/mol. The zero-order chi connectivity index (χ0) is 33.5. The van der Waals surface area contributed by atoms with Crippen LogP contribution < -0.4 is 0 Å². The van der Waals surface area contributed by atoms with Gasteiger partial charge in [-0.05, 0) is 59.7 Å². The number of benzene rings is 1. The van der Waals surface area contributed by atoms with Crippen molar-refractivity contribution in [2.24, 2.45) is 0 Å². The Kier molecular flexibility index (Phi) is 30.6. The van der Waals surface area contributed by atoms with Crippen LogP contribution in [0.2, 0.25) is 0 Å². The van der Waals surface area contributed by atoms with Gasteiger partial charge in [-0.2, -0.15) is 0 Å². The third kappa shape index (κ3) is 24.0. The average Bonchev–Trinajstić information content (AvgIpc) is 3.04. The summed E-state index contributed by atoms with van der Waals surface area (Å²) in [6, 6.07) is 3.60. The molecule has 0 radical (unpaired) electrons. The molecule has 0 atom stereocenters. The van der Waals surface area contributed by atoms with E-state index in [1.54, 1.807) is 35.7 Å². The summed E-state index contributed by atoms with van der Waals surface area (Å²) in [5.74, 6) is 1.83. The Balaban J connectivity index is 2.23. The highest BCUT2D eigenvalue weighted by molar-refractivity contribution is 7.99. The van der Waals surface area contributed by atoms with Gasteiger partial charge in [0, 0.05) is 20.9 Å². The van der Waals surface area contributed by atoms with E-state index in [0.29, 0.717) is 11.1 Å². The summed E-state index contributed by atoms with van der Waals surface area (Å²) in [6.45, 7) is 4.55. The summed E-state index contributed by atoms with van der Waals surface area (Å²) in [5, 5.41) is -0.925. The fraction of sp³-hybridized carbons (Fsp3) is 0.800. The summed E-state index contributed by atoms with van der Waals surface area (Å²) in [5.41, 5.74) is 1.00. The molecule has 0 heterocycles. The molecule has 6 heteroatoms. The van der Waals surface area contributed by atoms with Crippen molar-refractivity contribution < 1.29 is 9.59 Å². The van der Waals surface area contributed by atoms with Gasteiger partial charge in [-0.15, -0.1) is 23.5 Å². The Morgan fingerprint density at radius 3 is 0.848 bits per heavy atom. The molecule has 0 aliphatic heterocycles.